The Morgan fingerprint density at radius 2 is 1.89 bits per heavy atom. The first-order valence-corrected chi connectivity index (χ1v) is 8.58. The van der Waals surface area contributed by atoms with Crippen molar-refractivity contribution < 1.29 is 17.9 Å². The van der Waals surface area contributed by atoms with Crippen LogP contribution in [-0.4, -0.2) is 64.4 Å². The SMILES string of the molecule is CN=C(NCCCN(C)CC(F)(F)F)NCCc1ccc(C)c(OC)c1.I. The number of rotatable bonds is 9. The zero-order valence-corrected chi connectivity index (χ0v) is 18.6. The topological polar surface area (TPSA) is 48.9 Å². The normalized spacial score (nSPS) is 11.9. The van der Waals surface area contributed by atoms with Crippen molar-refractivity contribution in [3.05, 3.63) is 29.3 Å². The fourth-order valence-electron chi connectivity index (χ4n) is 2.51. The zero-order chi connectivity index (χ0) is 19.6. The lowest BCUT2D eigenvalue weighted by Gasteiger charge is -2.19. The number of alkyl halides is 3. The fourth-order valence-corrected chi connectivity index (χ4v) is 2.51. The number of nitrogens with one attached hydrogen (secondary N) is 2. The van der Waals surface area contributed by atoms with Gasteiger partial charge in [0.2, 0.25) is 0 Å². The van der Waals surface area contributed by atoms with Crippen molar-refractivity contribution in [2.75, 3.05) is 47.4 Å². The molecular formula is C18H30F3IN4O. The average molecular weight is 502 g/mol. The van der Waals surface area contributed by atoms with Gasteiger partial charge in [0, 0.05) is 20.1 Å². The van der Waals surface area contributed by atoms with Crippen LogP contribution < -0.4 is 15.4 Å². The van der Waals surface area contributed by atoms with Crippen LogP contribution in [0.3, 0.4) is 0 Å². The first kappa shape index (κ1) is 25.8. The van der Waals surface area contributed by atoms with Crippen LogP contribution in [0.1, 0.15) is 17.5 Å². The number of hydrogen-bond donors (Lipinski definition) is 2. The summed E-state index contributed by atoms with van der Waals surface area (Å²) in [5, 5.41) is 6.31. The van der Waals surface area contributed by atoms with Crippen molar-refractivity contribution in [1.29, 1.82) is 0 Å². The van der Waals surface area contributed by atoms with Crippen LogP contribution in [0.5, 0.6) is 5.75 Å². The van der Waals surface area contributed by atoms with Gasteiger partial charge < -0.3 is 15.4 Å². The van der Waals surface area contributed by atoms with Gasteiger partial charge in [-0.3, -0.25) is 9.89 Å². The van der Waals surface area contributed by atoms with Crippen molar-refractivity contribution >= 4 is 29.9 Å². The molecule has 2 N–H and O–H groups in total. The van der Waals surface area contributed by atoms with E-state index in [-0.39, 0.29) is 24.0 Å². The highest BCUT2D eigenvalue weighted by Crippen LogP contribution is 2.19. The summed E-state index contributed by atoms with van der Waals surface area (Å²) in [5.41, 5.74) is 2.25. The van der Waals surface area contributed by atoms with Gasteiger partial charge in [-0.15, -0.1) is 24.0 Å². The number of guanidine groups is 1. The Hall–Kier alpha value is -1.23. The molecule has 0 aliphatic carbocycles. The van der Waals surface area contributed by atoms with Gasteiger partial charge in [0.25, 0.3) is 0 Å². The van der Waals surface area contributed by atoms with E-state index in [9.17, 15) is 13.2 Å². The molecule has 1 aromatic rings. The van der Waals surface area contributed by atoms with Gasteiger partial charge in [-0.05, 0) is 50.6 Å². The molecule has 0 amide bonds. The molecule has 1 rings (SSSR count). The summed E-state index contributed by atoms with van der Waals surface area (Å²) in [6, 6.07) is 6.11. The number of benzene rings is 1. The zero-order valence-electron chi connectivity index (χ0n) is 16.3. The molecule has 0 unspecified atom stereocenters. The number of aliphatic imine (C=N–C) groups is 1. The molecule has 0 bridgehead atoms. The van der Waals surface area contributed by atoms with Gasteiger partial charge in [-0.2, -0.15) is 13.2 Å². The van der Waals surface area contributed by atoms with Crippen molar-refractivity contribution in [3.63, 3.8) is 0 Å². The predicted molar refractivity (Wildman–Crippen MR) is 114 cm³/mol. The Morgan fingerprint density at radius 3 is 2.48 bits per heavy atom. The molecule has 0 spiro atoms. The second-order valence-electron chi connectivity index (χ2n) is 6.19. The highest BCUT2D eigenvalue weighted by atomic mass is 127. The monoisotopic (exact) mass is 502 g/mol. The number of halogens is 4. The minimum atomic E-state index is -4.15. The third-order valence-corrected chi connectivity index (χ3v) is 3.86. The lowest BCUT2D eigenvalue weighted by atomic mass is 10.1. The Morgan fingerprint density at radius 1 is 1.22 bits per heavy atom. The molecule has 0 fully saturated rings. The predicted octanol–water partition coefficient (Wildman–Crippen LogP) is 3.21. The van der Waals surface area contributed by atoms with Crippen LogP contribution in [-0.2, 0) is 6.42 Å². The molecular weight excluding hydrogens is 472 g/mol. The number of hydrogen-bond acceptors (Lipinski definition) is 3. The highest BCUT2D eigenvalue weighted by Gasteiger charge is 2.28. The van der Waals surface area contributed by atoms with Crippen molar-refractivity contribution in [3.8, 4) is 5.75 Å². The molecule has 0 aliphatic rings. The van der Waals surface area contributed by atoms with Gasteiger partial charge in [0.1, 0.15) is 5.75 Å². The van der Waals surface area contributed by atoms with Gasteiger partial charge in [0.05, 0.1) is 13.7 Å². The second kappa shape index (κ2) is 13.0. The average Bonchev–Trinajstić information content (AvgIpc) is 2.56. The molecule has 0 aromatic heterocycles. The maximum Gasteiger partial charge on any atom is 0.401 e. The lowest BCUT2D eigenvalue weighted by molar-refractivity contribution is -0.143. The fraction of sp³-hybridized carbons (Fsp3) is 0.611. The van der Waals surface area contributed by atoms with Crippen molar-refractivity contribution in [2.45, 2.75) is 25.9 Å². The van der Waals surface area contributed by atoms with E-state index in [2.05, 4.69) is 21.7 Å². The van der Waals surface area contributed by atoms with E-state index in [1.54, 1.807) is 14.2 Å². The van der Waals surface area contributed by atoms with Gasteiger partial charge in [-0.1, -0.05) is 12.1 Å². The van der Waals surface area contributed by atoms with E-state index in [1.165, 1.54) is 11.9 Å². The Bertz CT molecular complexity index is 582. The third kappa shape index (κ3) is 11.3. The second-order valence-corrected chi connectivity index (χ2v) is 6.19. The minimum Gasteiger partial charge on any atom is -0.496 e. The molecule has 0 saturated carbocycles. The van der Waals surface area contributed by atoms with Crippen molar-refractivity contribution in [2.24, 2.45) is 4.99 Å². The van der Waals surface area contributed by atoms with Crippen LogP contribution in [0.2, 0.25) is 0 Å². The summed E-state index contributed by atoms with van der Waals surface area (Å²) in [6.45, 7) is 2.73. The van der Waals surface area contributed by atoms with Crippen LogP contribution in [0, 0.1) is 6.92 Å². The van der Waals surface area contributed by atoms with Gasteiger partial charge >= 0.3 is 6.18 Å². The quantitative estimate of drug-likeness (QED) is 0.236. The van der Waals surface area contributed by atoms with E-state index in [4.69, 9.17) is 4.74 Å². The number of methoxy groups -OCH3 is 1. The Balaban J connectivity index is 0.00000676. The summed E-state index contributed by atoms with van der Waals surface area (Å²) in [4.78, 5) is 5.39. The van der Waals surface area contributed by atoms with Crippen LogP contribution in [0.25, 0.3) is 0 Å². The smallest absolute Gasteiger partial charge is 0.401 e. The summed E-state index contributed by atoms with van der Waals surface area (Å²) in [5.74, 6) is 1.51. The van der Waals surface area contributed by atoms with E-state index in [1.807, 2.05) is 19.1 Å². The standard InChI is InChI=1S/C18H29F3N4O.HI/c1-14-6-7-15(12-16(14)26-4)8-10-24-17(22-2)23-9-5-11-25(3)13-18(19,20)21;/h6-7,12H,5,8-11,13H2,1-4H3,(H2,22,23,24);1H. The molecule has 0 heterocycles. The first-order valence-electron chi connectivity index (χ1n) is 8.58. The number of ether oxygens (including phenoxy) is 1. The molecule has 1 aromatic carbocycles. The maximum atomic E-state index is 12.3. The summed E-state index contributed by atoms with van der Waals surface area (Å²) in [7, 11) is 4.79. The Kier molecular flexibility index (Phi) is 12.4. The largest absolute Gasteiger partial charge is 0.496 e. The molecule has 9 heteroatoms. The van der Waals surface area contributed by atoms with Gasteiger partial charge in [0.15, 0.2) is 5.96 Å². The van der Waals surface area contributed by atoms with Crippen molar-refractivity contribution in [1.82, 2.24) is 15.5 Å². The molecule has 156 valence electrons. The maximum absolute atomic E-state index is 12.3. The molecule has 0 saturated heterocycles. The number of aryl methyl sites for hydroxylation is 1. The third-order valence-electron chi connectivity index (χ3n) is 3.86. The van der Waals surface area contributed by atoms with Crippen LogP contribution >= 0.6 is 24.0 Å². The summed E-state index contributed by atoms with van der Waals surface area (Å²) < 4.78 is 42.1. The Labute approximate surface area is 176 Å². The van der Waals surface area contributed by atoms with E-state index >= 15 is 0 Å². The first-order chi connectivity index (χ1) is 12.2. The van der Waals surface area contributed by atoms with E-state index in [0.29, 0.717) is 32.0 Å². The lowest BCUT2D eigenvalue weighted by Crippen LogP contribution is -2.40. The number of nitrogens with zero attached hydrogens (tertiary/aromatic N) is 2. The summed E-state index contributed by atoms with van der Waals surface area (Å²) >= 11 is 0. The molecule has 0 aliphatic heterocycles. The molecule has 27 heavy (non-hydrogen) atoms. The molecule has 0 atom stereocenters. The van der Waals surface area contributed by atoms with E-state index < -0.39 is 12.7 Å². The highest BCUT2D eigenvalue weighted by molar-refractivity contribution is 14.0. The van der Waals surface area contributed by atoms with E-state index in [0.717, 1.165) is 23.3 Å². The minimum absolute atomic E-state index is 0. The molecule has 5 nitrogen and oxygen atoms in total. The van der Waals surface area contributed by atoms with Crippen LogP contribution in [0.15, 0.2) is 23.2 Å². The molecule has 0 radical (unpaired) electrons. The summed E-state index contributed by atoms with van der Waals surface area (Å²) in [6.07, 6.45) is -2.74. The van der Waals surface area contributed by atoms with Gasteiger partial charge in [-0.25, -0.2) is 0 Å². The van der Waals surface area contributed by atoms with Crippen LogP contribution in [0.4, 0.5) is 13.2 Å².